The van der Waals surface area contributed by atoms with Crippen molar-refractivity contribution in [1.29, 1.82) is 0 Å². The van der Waals surface area contributed by atoms with Gasteiger partial charge in [-0.05, 0) is 0 Å². The van der Waals surface area contributed by atoms with E-state index in [9.17, 15) is 76.7 Å². The highest BCUT2D eigenvalue weighted by Crippen LogP contribution is 2.37. The number of aromatic nitrogens is 12. The molecule has 818 valence electrons. The van der Waals surface area contributed by atoms with E-state index in [1.165, 1.54) is 50.6 Å². The van der Waals surface area contributed by atoms with E-state index >= 15 is 0 Å². The van der Waals surface area contributed by atoms with Gasteiger partial charge in [-0.1, -0.05) is 20.9 Å². The van der Waals surface area contributed by atoms with E-state index in [0.29, 0.717) is 0 Å². The van der Waals surface area contributed by atoms with Crippen LogP contribution in [0, 0.1) is 0 Å². The van der Waals surface area contributed by atoms with Gasteiger partial charge in [-0.2, -0.15) is 0 Å². The van der Waals surface area contributed by atoms with Crippen LogP contribution < -0.4 is 0 Å². The van der Waals surface area contributed by atoms with Crippen molar-refractivity contribution in [2.24, 2.45) is 0 Å². The molecule has 0 unspecified atom stereocenters. The second-order valence-corrected chi connectivity index (χ2v) is 33.0. The van der Waals surface area contributed by atoms with Gasteiger partial charge in [-0.3, -0.25) is 76.7 Å². The average Bonchev–Trinajstić information content (AvgIpc) is 1.69. The third-order valence-electron chi connectivity index (χ3n) is 20.9. The summed E-state index contributed by atoms with van der Waals surface area (Å²) in [5.41, 5.74) is 0.863. The normalized spacial score (nSPS) is 26.8. The van der Waals surface area contributed by atoms with E-state index in [4.69, 9.17) is 152 Å². The molecule has 4 aromatic rings. The summed E-state index contributed by atoms with van der Waals surface area (Å²) in [5, 5.41) is 33.8. The summed E-state index contributed by atoms with van der Waals surface area (Å²) < 4.78 is 193. The Kier molecular flexibility index (Phi) is 47.2. The first kappa shape index (κ1) is 118. The number of hydrogen-bond acceptors (Lipinski definition) is 56. The summed E-state index contributed by atoms with van der Waals surface area (Å²) in [6.07, 6.45) is -29.5. The van der Waals surface area contributed by atoms with Crippen molar-refractivity contribution in [2.75, 3.05) is 93.0 Å². The van der Waals surface area contributed by atoms with E-state index in [0.717, 1.165) is 111 Å². The standard InChI is InChI=1S/C87H122N12O48/c1-43(100)124-39-64-69(131-47(5)104)74(135-51(9)108)79(139-55(13)112)84(144-64)122-24-20-98-30-59(88-92-98)34-119-38-63-68(120-28-26-117-22-18-96-32-61(90-93-96)36-129-86-81(141-57(15)114)76(137-53(11)110)71(133-49(7)106)66(146-86)41-126-45(3)102)73(121-29-27-118-23-19-97-33-62(91-94-97)37-130-87-82(142-58(16)115)77(138-54(12)111)72(134-50(8)107)67(147-87)42-127-46(4)103)78(83(116-17)143-63)128-35-60-31-99(95-89-60)21-25-123-85-80(140-56(14)113)75(136-52(10)109)70(132-48(6)105)65(145-85)40-125-44(2)101/h30-33,63-87H,18-29,34-42H2,1-17H3/t63-,64-,65-,66-,67-,68+,69-,70-,71-,72-,73+,74+,75+,76+,77+,78-,79+,80+,81-,82-,83+,84+,85+,86-,87-/m1/s1. The lowest BCUT2D eigenvalue weighted by Crippen LogP contribution is -2.63. The first-order chi connectivity index (χ1) is 70.0. The van der Waals surface area contributed by atoms with Crippen LogP contribution in [0.1, 0.15) is 134 Å². The van der Waals surface area contributed by atoms with Crippen LogP contribution in [0.4, 0.5) is 0 Å². The molecule has 0 amide bonds. The molecule has 9 rings (SSSR count). The molecule has 25 atom stereocenters. The van der Waals surface area contributed by atoms with Crippen LogP contribution in [0.5, 0.6) is 0 Å². The minimum Gasteiger partial charge on any atom is -0.463 e. The number of carbonyl (C=O) groups is 16. The predicted octanol–water partition coefficient (Wildman–Crippen LogP) is -2.87. The number of hydrogen-bond donors (Lipinski definition) is 0. The number of ether oxygens (including phenoxy) is 32. The molecular weight excluding hydrogens is 1980 g/mol. The summed E-state index contributed by atoms with van der Waals surface area (Å²) in [5.74, 6) is -13.2. The van der Waals surface area contributed by atoms with Crippen LogP contribution in [-0.4, -0.2) is 402 Å². The Bertz CT molecular complexity index is 5010. The summed E-state index contributed by atoms with van der Waals surface area (Å²) >= 11 is 0. The summed E-state index contributed by atoms with van der Waals surface area (Å²) in [7, 11) is 1.33. The highest BCUT2D eigenvalue weighted by molar-refractivity contribution is 5.72. The minimum absolute atomic E-state index is 0.0295. The number of esters is 16. The van der Waals surface area contributed by atoms with Crippen molar-refractivity contribution in [3.63, 3.8) is 0 Å². The first-order valence-corrected chi connectivity index (χ1v) is 46.0. The molecule has 5 saturated heterocycles. The molecule has 5 aliphatic heterocycles. The van der Waals surface area contributed by atoms with Gasteiger partial charge in [0.05, 0.1) is 137 Å². The molecule has 147 heavy (non-hydrogen) atoms. The zero-order chi connectivity index (χ0) is 107. The van der Waals surface area contributed by atoms with Gasteiger partial charge in [0, 0.05) is 118 Å². The largest absolute Gasteiger partial charge is 0.463 e. The minimum atomic E-state index is -1.54. The molecule has 5 fully saturated rings. The fraction of sp³-hybridized carbons (Fsp3) is 0.724. The zero-order valence-corrected chi connectivity index (χ0v) is 83.6. The van der Waals surface area contributed by atoms with Gasteiger partial charge in [0.25, 0.3) is 0 Å². The Hall–Kier alpha value is -12.6. The molecule has 9 heterocycles. The molecule has 0 N–H and O–H groups in total. The number of methoxy groups -OCH3 is 1. The lowest BCUT2D eigenvalue weighted by molar-refractivity contribution is -0.321. The molecule has 0 radical (unpaired) electrons. The fourth-order valence-corrected chi connectivity index (χ4v) is 15.4. The molecule has 0 spiro atoms. The fourth-order valence-electron chi connectivity index (χ4n) is 15.4. The van der Waals surface area contributed by atoms with Crippen molar-refractivity contribution >= 4 is 95.5 Å². The Balaban J connectivity index is 0.950. The molecule has 0 aliphatic carbocycles. The van der Waals surface area contributed by atoms with Crippen LogP contribution in [0.2, 0.25) is 0 Å². The van der Waals surface area contributed by atoms with Gasteiger partial charge in [-0.25, -0.2) is 18.7 Å². The molecule has 4 aromatic heterocycles. The van der Waals surface area contributed by atoms with Crippen molar-refractivity contribution < 1.29 is 228 Å². The van der Waals surface area contributed by atoms with E-state index in [2.05, 4.69) is 41.2 Å². The van der Waals surface area contributed by atoms with Crippen LogP contribution >= 0.6 is 0 Å². The maximum Gasteiger partial charge on any atom is 0.303 e. The molecule has 0 saturated carbocycles. The Morgan fingerprint density at radius 1 is 0.224 bits per heavy atom. The van der Waals surface area contributed by atoms with E-state index in [1.807, 2.05) is 0 Å². The molecule has 0 aromatic carbocycles. The van der Waals surface area contributed by atoms with Crippen molar-refractivity contribution in [1.82, 2.24) is 60.0 Å². The Labute approximate surface area is 838 Å². The highest BCUT2D eigenvalue weighted by atomic mass is 16.8. The SMILES string of the molecule is CO[C@H]1O[C@H](COCc2cn(CCO[C@H]3O[C@H](COC(C)=O)[C@@H](OC(C)=O)[C@H](OC(C)=O)[C@@H]3OC(C)=O)nn2)[C@H](OCCOCCn2cc(CO[C@@H]3O[C@H](COC(C)=O)[C@@H](OC(C)=O)[C@H](OC(C)=O)[C@H]3OC(C)=O)nn2)[C@H](OCCOCCn2cc(CO[C@@H]3O[C@H](COC(C)=O)[C@@H](OC(C)=O)[C@H](OC(C)=O)[C@H]3OC(C)=O)nn2)[C@H]1OCc1cn(CCO[C@H]2O[C@H](COC(C)=O)[C@@H](OC(C)=O)[C@H](OC(C)=O)[C@@H]2OC(C)=O)nn1. The van der Waals surface area contributed by atoms with Crippen LogP contribution in [0.25, 0.3) is 0 Å². The monoisotopic (exact) mass is 2100 g/mol. The van der Waals surface area contributed by atoms with Crippen molar-refractivity contribution in [3.8, 4) is 0 Å². The van der Waals surface area contributed by atoms with Gasteiger partial charge in [-0.15, -0.1) is 20.4 Å². The van der Waals surface area contributed by atoms with Crippen molar-refractivity contribution in [3.05, 3.63) is 47.6 Å². The van der Waals surface area contributed by atoms with E-state index in [1.54, 1.807) is 0 Å². The quantitative estimate of drug-likeness (QED) is 0.0243. The predicted molar refractivity (Wildman–Crippen MR) is 464 cm³/mol. The molecule has 5 aliphatic rings. The Morgan fingerprint density at radius 2 is 0.463 bits per heavy atom. The van der Waals surface area contributed by atoms with Gasteiger partial charge < -0.3 is 152 Å². The van der Waals surface area contributed by atoms with Crippen LogP contribution in [-0.2, 0) is 281 Å². The maximum absolute atomic E-state index is 12.6. The van der Waals surface area contributed by atoms with Crippen LogP contribution in [0.3, 0.4) is 0 Å². The third-order valence-corrected chi connectivity index (χ3v) is 20.9. The maximum atomic E-state index is 12.6. The van der Waals surface area contributed by atoms with Gasteiger partial charge in [0.2, 0.25) is 0 Å². The summed E-state index contributed by atoms with van der Waals surface area (Å²) in [4.78, 5) is 198. The lowest BCUT2D eigenvalue weighted by Gasteiger charge is -2.45. The van der Waals surface area contributed by atoms with E-state index in [-0.39, 0.29) is 135 Å². The Morgan fingerprint density at radius 3 is 0.741 bits per heavy atom. The summed E-state index contributed by atoms with van der Waals surface area (Å²) in [6.45, 7) is 12.4. The number of nitrogens with zero attached hydrogens (tertiary/aromatic N) is 12. The van der Waals surface area contributed by atoms with Gasteiger partial charge in [0.1, 0.15) is 98.0 Å². The second-order valence-electron chi connectivity index (χ2n) is 33.0. The number of carbonyl (C=O) groups excluding carboxylic acids is 16. The summed E-state index contributed by atoms with van der Waals surface area (Å²) in [6, 6.07) is 0. The van der Waals surface area contributed by atoms with Crippen LogP contribution in [0.15, 0.2) is 24.8 Å². The topological polar surface area (TPSA) is 691 Å². The smallest absolute Gasteiger partial charge is 0.303 e. The van der Waals surface area contributed by atoms with E-state index < -0.39 is 275 Å². The van der Waals surface area contributed by atoms with Crippen molar-refractivity contribution in [2.45, 2.75) is 317 Å². The molecular formula is C87H122N12O48. The molecule has 60 nitrogen and oxygen atoms in total. The average molecular weight is 2100 g/mol. The second kappa shape index (κ2) is 58.8. The third kappa shape index (κ3) is 38.6. The highest BCUT2D eigenvalue weighted by Gasteiger charge is 2.58. The molecule has 60 heteroatoms. The number of rotatable bonds is 56. The zero-order valence-electron chi connectivity index (χ0n) is 83.6. The first-order valence-electron chi connectivity index (χ1n) is 46.0. The van der Waals surface area contributed by atoms with Gasteiger partial charge in [0.15, 0.2) is 105 Å². The lowest BCUT2D eigenvalue weighted by atomic mass is 9.98. The molecule has 0 bridgehead atoms. The van der Waals surface area contributed by atoms with Gasteiger partial charge >= 0.3 is 95.5 Å².